The van der Waals surface area contributed by atoms with Crippen LogP contribution >= 0.6 is 81.2 Å². The Balaban J connectivity index is 0.000000164. The van der Waals surface area contributed by atoms with Gasteiger partial charge in [-0.05, 0) is 275 Å². The van der Waals surface area contributed by atoms with Crippen LogP contribution in [0.4, 0.5) is 0 Å². The first kappa shape index (κ1) is 89.6. The van der Waals surface area contributed by atoms with Crippen molar-refractivity contribution >= 4 is 149 Å². The molecular formula is C93H109Cl7N12O6. The number of benzene rings is 9. The van der Waals surface area contributed by atoms with E-state index in [1.165, 1.54) is 44.1 Å². The van der Waals surface area contributed by atoms with Crippen molar-refractivity contribution in [3.63, 3.8) is 0 Å². The van der Waals surface area contributed by atoms with Crippen molar-refractivity contribution in [3.8, 4) is 0 Å². The highest BCUT2D eigenvalue weighted by Crippen LogP contribution is 2.32. The lowest BCUT2D eigenvalue weighted by molar-refractivity contribution is -0.134. The van der Waals surface area contributed by atoms with Crippen molar-refractivity contribution in [1.82, 2.24) is 56.4 Å². The highest BCUT2D eigenvalue weighted by atomic mass is 35.5. The zero-order valence-electron chi connectivity index (χ0n) is 67.5. The number of halogens is 7. The third-order valence-electron chi connectivity index (χ3n) is 23.5. The summed E-state index contributed by atoms with van der Waals surface area (Å²) in [6.45, 7) is 17.0. The van der Waals surface area contributed by atoms with Gasteiger partial charge in [0, 0.05) is 147 Å². The van der Waals surface area contributed by atoms with Gasteiger partial charge in [0.1, 0.15) is 0 Å². The highest BCUT2D eigenvalue weighted by Gasteiger charge is 2.40. The van der Waals surface area contributed by atoms with E-state index in [1.807, 2.05) is 132 Å². The van der Waals surface area contributed by atoms with Gasteiger partial charge in [0.25, 0.3) is 17.7 Å². The summed E-state index contributed by atoms with van der Waals surface area (Å²) in [6.07, 6.45) is 12.5. The van der Waals surface area contributed by atoms with Gasteiger partial charge in [-0.3, -0.25) is 33.7 Å². The second-order valence-corrected chi connectivity index (χ2v) is 35.6. The first-order valence-corrected chi connectivity index (χ1v) is 44.2. The Bertz CT molecular complexity index is 4910. The van der Waals surface area contributed by atoms with Crippen LogP contribution < -0.4 is 37.6 Å². The average molecular weight is 1740 g/mol. The number of piperidine rings is 2. The van der Waals surface area contributed by atoms with E-state index >= 15 is 0 Å². The van der Waals surface area contributed by atoms with Crippen LogP contribution in [0.1, 0.15) is 158 Å². The number of fused-ring (bicyclic) bond motifs is 3. The van der Waals surface area contributed by atoms with Gasteiger partial charge in [0.2, 0.25) is 17.7 Å². The molecule has 0 aromatic heterocycles. The predicted octanol–water partition coefficient (Wildman–Crippen LogP) is 17.4. The summed E-state index contributed by atoms with van der Waals surface area (Å²) < 4.78 is 0. The van der Waals surface area contributed by atoms with Crippen LogP contribution in [0.2, 0.25) is 35.2 Å². The van der Waals surface area contributed by atoms with Crippen molar-refractivity contribution in [2.75, 3.05) is 85.1 Å². The maximum absolute atomic E-state index is 14.2. The highest BCUT2D eigenvalue weighted by molar-refractivity contribution is 6.35. The number of carbonyl (C=O) groups is 6. The number of nitrogens with two attached hydrogens (primary N) is 1. The van der Waals surface area contributed by atoms with Crippen molar-refractivity contribution in [1.29, 1.82) is 0 Å². The minimum atomic E-state index is -0.426. The van der Waals surface area contributed by atoms with Crippen LogP contribution in [0.3, 0.4) is 0 Å². The molecule has 14 rings (SSSR count). The molecule has 5 aliphatic heterocycles. The van der Waals surface area contributed by atoms with Crippen LogP contribution in [-0.2, 0) is 27.5 Å². The van der Waals surface area contributed by atoms with Crippen molar-refractivity contribution < 1.29 is 28.8 Å². The largest absolute Gasteiger partial charge is 0.350 e. The number of carbonyl (C=O) groups excluding carboxylic acids is 6. The number of rotatable bonds is 25. The number of amides is 6. The molecule has 0 bridgehead atoms. The van der Waals surface area contributed by atoms with Gasteiger partial charge in [-0.2, -0.15) is 0 Å². The average Bonchev–Trinajstić information content (AvgIpc) is 1.53. The Morgan fingerprint density at radius 3 is 1.22 bits per heavy atom. The fourth-order valence-electron chi connectivity index (χ4n) is 16.9. The fraction of sp³-hybridized carbons (Fsp3) is 0.419. The first-order chi connectivity index (χ1) is 56.9. The second-order valence-electron chi connectivity index (χ2n) is 32.6. The summed E-state index contributed by atoms with van der Waals surface area (Å²) in [4.78, 5) is 91.0. The minimum Gasteiger partial charge on any atom is -0.350 e. The van der Waals surface area contributed by atoms with E-state index in [2.05, 4.69) is 91.6 Å². The Labute approximate surface area is 729 Å². The lowest BCUT2D eigenvalue weighted by Gasteiger charge is -2.43. The molecule has 626 valence electrons. The summed E-state index contributed by atoms with van der Waals surface area (Å²) in [5, 5.41) is 30.0. The third kappa shape index (κ3) is 25.5. The minimum absolute atomic E-state index is 0.00359. The fourth-order valence-corrected chi connectivity index (χ4v) is 18.6. The van der Waals surface area contributed by atoms with Gasteiger partial charge in [-0.1, -0.05) is 168 Å². The maximum atomic E-state index is 14.2. The van der Waals surface area contributed by atoms with Gasteiger partial charge >= 0.3 is 0 Å². The molecule has 8 N–H and O–H groups in total. The molecule has 0 unspecified atom stereocenters. The number of hydrogen-bond donors (Lipinski definition) is 7. The standard InChI is InChI=1S/C36H47ClN4O2.C31H35Cl3N4O2.C26H27Cl3N4O2/c1-4-26(27-11-7-5-8-12-27)25-40-20-17-32(39-33(35(40)43)23-36(2,3)41-18-9-6-10-19-41)24-38-34(42)30-14-13-29-22-31(37)16-15-28(29)21-30;32-25-7-6-22-16-24(5-4-23(22)17-25)30(39)35-19-28-8-13-38(20-21-14-26(33)18-27(34)15-21)31(40)29(36-28)9-12-37-10-2-1-3-11-37;27-20-4-3-17-11-19(2-1-18(17)12-20)25(34)31-14-23-6-8-33(26(35)24(32-23)5-7-30)15-16-9-21(28)13-22(29)10-16/h5,7-8,11-16,21-22,26,32-33,39H,4,6,9-10,17-20,23-25H2,1-3H3,(H,38,42);4-7,14-18,28-29,36H,1-3,8-13,19-20H2,(H,35,39);1-4,9-13,23-24,32H,5-8,14-15,30H2,(H,31,34)/t26-,32+,33+;28-,29-;23-,24-/m100/s1. The van der Waals surface area contributed by atoms with Gasteiger partial charge < -0.3 is 57.2 Å². The van der Waals surface area contributed by atoms with E-state index in [0.717, 1.165) is 108 Å². The topological polar surface area (TPSA) is 217 Å². The molecule has 5 heterocycles. The summed E-state index contributed by atoms with van der Waals surface area (Å²) in [5.74, 6) is 0.126. The molecule has 0 radical (unpaired) electrons. The van der Waals surface area contributed by atoms with E-state index in [9.17, 15) is 28.8 Å². The van der Waals surface area contributed by atoms with Crippen LogP contribution in [-0.4, -0.2) is 187 Å². The lowest BCUT2D eigenvalue weighted by Crippen LogP contribution is -2.56. The summed E-state index contributed by atoms with van der Waals surface area (Å²) >= 11 is 43.0. The van der Waals surface area contributed by atoms with E-state index in [4.69, 9.17) is 86.9 Å². The molecule has 18 nitrogen and oxygen atoms in total. The SMILES string of the molecule is CC[C@H](CN1CC[C@@H](CNC(=O)c2ccc3cc(Cl)ccc3c2)N[C@@H](CC(C)(C)N2CCCCC2)C1=O)c1ccccc1.NCC[C@@H]1N[C@H](CNC(=O)c2ccc3cc(Cl)ccc3c2)CCN(Cc2cc(Cl)cc(Cl)c2)C1=O.O=C(NC[C@@H]1CCN(Cc2cc(Cl)cc(Cl)c2)C(=O)[C@H](CCN2CCCCC2)N1)c1ccc2cc(Cl)ccc2c1. The van der Waals surface area contributed by atoms with E-state index in [-0.39, 0.29) is 71.2 Å². The summed E-state index contributed by atoms with van der Waals surface area (Å²) in [5.41, 5.74) is 10.5. The number of likely N-dealkylation sites (tertiary alicyclic amines) is 2. The number of nitrogens with zero attached hydrogens (tertiary/aromatic N) is 5. The smallest absolute Gasteiger partial charge is 0.251 e. The lowest BCUT2D eigenvalue weighted by atomic mass is 9.90. The molecule has 6 amide bonds. The second kappa shape index (κ2) is 43.2. The summed E-state index contributed by atoms with van der Waals surface area (Å²) in [6, 6.07) is 53.8. The number of nitrogens with one attached hydrogen (secondary N) is 6. The zero-order chi connectivity index (χ0) is 83.4. The molecule has 0 saturated carbocycles. The van der Waals surface area contributed by atoms with Crippen molar-refractivity contribution in [2.45, 2.75) is 165 Å². The molecule has 9 aromatic carbocycles. The normalized spacial score (nSPS) is 20.1. The van der Waals surface area contributed by atoms with Crippen LogP contribution in [0, 0.1) is 0 Å². The summed E-state index contributed by atoms with van der Waals surface area (Å²) in [7, 11) is 0. The van der Waals surface area contributed by atoms with Crippen LogP contribution in [0.5, 0.6) is 0 Å². The molecule has 118 heavy (non-hydrogen) atoms. The Morgan fingerprint density at radius 1 is 0.432 bits per heavy atom. The number of hydrogen-bond acceptors (Lipinski definition) is 12. The first-order valence-electron chi connectivity index (χ1n) is 41.6. The molecule has 0 aliphatic carbocycles. The Hall–Kier alpha value is -7.63. The van der Waals surface area contributed by atoms with E-state index in [0.29, 0.717) is 136 Å². The monoisotopic (exact) mass is 1730 g/mol. The molecule has 9 aromatic rings. The van der Waals surface area contributed by atoms with Crippen molar-refractivity contribution in [2.24, 2.45) is 5.73 Å². The maximum Gasteiger partial charge on any atom is 0.251 e. The third-order valence-corrected chi connectivity index (χ3v) is 25.0. The van der Waals surface area contributed by atoms with Crippen LogP contribution in [0.15, 0.2) is 176 Å². The zero-order valence-corrected chi connectivity index (χ0v) is 72.8. The van der Waals surface area contributed by atoms with Gasteiger partial charge in [0.05, 0.1) is 18.1 Å². The molecule has 0 spiro atoms. The van der Waals surface area contributed by atoms with E-state index in [1.54, 1.807) is 29.2 Å². The van der Waals surface area contributed by atoms with Crippen molar-refractivity contribution in [3.05, 3.63) is 244 Å². The van der Waals surface area contributed by atoms with Crippen LogP contribution in [0.25, 0.3) is 32.3 Å². The van der Waals surface area contributed by atoms with Gasteiger partial charge in [0.15, 0.2) is 0 Å². The van der Waals surface area contributed by atoms with E-state index < -0.39 is 6.04 Å². The molecule has 25 heteroatoms. The Kier molecular flexibility index (Phi) is 32.8. The van der Waals surface area contributed by atoms with Gasteiger partial charge in [-0.15, -0.1) is 0 Å². The molecule has 7 atom stereocenters. The predicted molar refractivity (Wildman–Crippen MR) is 482 cm³/mol. The molecule has 5 saturated heterocycles. The van der Waals surface area contributed by atoms with Gasteiger partial charge in [-0.25, -0.2) is 0 Å². The molecule has 5 aliphatic rings. The quantitative estimate of drug-likeness (QED) is 0.0284. The molecule has 5 fully saturated rings. The Morgan fingerprint density at radius 2 is 0.805 bits per heavy atom. The molecular weight excluding hydrogens is 1630 g/mol.